The van der Waals surface area contributed by atoms with Crippen molar-refractivity contribution in [3.63, 3.8) is 0 Å². The van der Waals surface area contributed by atoms with Gasteiger partial charge in [0.1, 0.15) is 5.82 Å². The van der Waals surface area contributed by atoms with Crippen molar-refractivity contribution in [1.82, 2.24) is 20.1 Å². The van der Waals surface area contributed by atoms with Gasteiger partial charge in [0.2, 0.25) is 5.91 Å². The first-order chi connectivity index (χ1) is 16.3. The maximum absolute atomic E-state index is 12.4. The summed E-state index contributed by atoms with van der Waals surface area (Å²) in [4.78, 5) is 24.7. The number of hydrogen-bond acceptors (Lipinski definition) is 5. The maximum atomic E-state index is 12.4. The van der Waals surface area contributed by atoms with Gasteiger partial charge in [-0.2, -0.15) is 0 Å². The number of halogens is 4. The van der Waals surface area contributed by atoms with Crippen molar-refractivity contribution < 1.29 is 9.59 Å². The van der Waals surface area contributed by atoms with Crippen LogP contribution in [0.15, 0.2) is 54.2 Å². The van der Waals surface area contributed by atoms with Crippen molar-refractivity contribution in [2.45, 2.75) is 18.1 Å². The molecule has 0 bridgehead atoms. The number of thioether (sulfide) groups is 1. The Morgan fingerprint density at radius 1 is 1.03 bits per heavy atom. The Hall–Kier alpha value is -2.23. The van der Waals surface area contributed by atoms with Crippen LogP contribution >= 0.6 is 58.2 Å². The van der Waals surface area contributed by atoms with Crippen LogP contribution in [0.1, 0.15) is 16.2 Å². The lowest BCUT2D eigenvalue weighted by atomic mass is 10.2. The van der Waals surface area contributed by atoms with Gasteiger partial charge in [0.05, 0.1) is 26.5 Å². The van der Waals surface area contributed by atoms with Crippen LogP contribution in [0.2, 0.25) is 20.1 Å². The van der Waals surface area contributed by atoms with Crippen molar-refractivity contribution >= 4 is 75.7 Å². The molecule has 0 saturated heterocycles. The maximum Gasteiger partial charge on any atom is 0.251 e. The highest BCUT2D eigenvalue weighted by atomic mass is 35.5. The van der Waals surface area contributed by atoms with Crippen molar-refractivity contribution in [1.29, 1.82) is 0 Å². The highest BCUT2D eigenvalue weighted by Crippen LogP contribution is 2.26. The summed E-state index contributed by atoms with van der Waals surface area (Å²) in [6, 6.07) is 9.51. The molecule has 2 N–H and O–H groups in total. The Kier molecular flexibility index (Phi) is 9.67. The number of nitrogens with zero attached hydrogens (tertiary/aromatic N) is 3. The van der Waals surface area contributed by atoms with Gasteiger partial charge in [-0.15, -0.1) is 16.8 Å². The number of carbonyl (C=O) groups excluding carboxylic acids is 2. The molecule has 2 aromatic carbocycles. The van der Waals surface area contributed by atoms with Crippen LogP contribution in [0.5, 0.6) is 0 Å². The van der Waals surface area contributed by atoms with Crippen LogP contribution in [0.25, 0.3) is 0 Å². The third kappa shape index (κ3) is 7.13. The van der Waals surface area contributed by atoms with Crippen molar-refractivity contribution in [2.24, 2.45) is 0 Å². The molecule has 0 fully saturated rings. The van der Waals surface area contributed by atoms with E-state index in [1.807, 2.05) is 4.57 Å². The predicted molar refractivity (Wildman–Crippen MR) is 139 cm³/mol. The summed E-state index contributed by atoms with van der Waals surface area (Å²) in [5.74, 6) is 0.221. The summed E-state index contributed by atoms with van der Waals surface area (Å²) in [7, 11) is 0. The second kappa shape index (κ2) is 12.5. The largest absolute Gasteiger partial charge is 0.352 e. The zero-order valence-corrected chi connectivity index (χ0v) is 21.5. The molecule has 7 nitrogen and oxygen atoms in total. The molecule has 1 aromatic heterocycles. The number of amides is 2. The van der Waals surface area contributed by atoms with Crippen molar-refractivity contribution in [2.75, 3.05) is 17.6 Å². The molecule has 0 unspecified atom stereocenters. The number of aromatic nitrogens is 3. The van der Waals surface area contributed by atoms with E-state index in [0.29, 0.717) is 61.8 Å². The molecule has 0 aliphatic carbocycles. The van der Waals surface area contributed by atoms with Crippen LogP contribution in [0, 0.1) is 0 Å². The van der Waals surface area contributed by atoms with Gasteiger partial charge >= 0.3 is 0 Å². The van der Waals surface area contributed by atoms with E-state index in [1.54, 1.807) is 36.4 Å². The molecule has 3 aromatic rings. The van der Waals surface area contributed by atoms with E-state index in [1.165, 1.54) is 17.8 Å². The number of rotatable bonds is 10. The zero-order chi connectivity index (χ0) is 24.7. The van der Waals surface area contributed by atoms with Crippen LogP contribution in [-0.4, -0.2) is 38.9 Å². The van der Waals surface area contributed by atoms with E-state index in [0.717, 1.165) is 0 Å². The monoisotopic (exact) mass is 557 g/mol. The summed E-state index contributed by atoms with van der Waals surface area (Å²) < 4.78 is 1.84. The fourth-order valence-electron chi connectivity index (χ4n) is 2.86. The smallest absolute Gasteiger partial charge is 0.251 e. The molecule has 34 heavy (non-hydrogen) atoms. The number of carbonyl (C=O) groups is 2. The Morgan fingerprint density at radius 3 is 2.53 bits per heavy atom. The van der Waals surface area contributed by atoms with E-state index in [4.69, 9.17) is 46.4 Å². The normalized spacial score (nSPS) is 10.7. The minimum atomic E-state index is -0.277. The fourth-order valence-corrected chi connectivity index (χ4v) is 4.38. The highest BCUT2D eigenvalue weighted by molar-refractivity contribution is 7.99. The number of nitrogens with one attached hydrogen (secondary N) is 2. The zero-order valence-electron chi connectivity index (χ0n) is 17.7. The molecule has 0 radical (unpaired) electrons. The Labute approximate surface area is 220 Å². The lowest BCUT2D eigenvalue weighted by molar-refractivity contribution is -0.113. The van der Waals surface area contributed by atoms with E-state index >= 15 is 0 Å². The second-order valence-electron chi connectivity index (χ2n) is 6.89. The van der Waals surface area contributed by atoms with Crippen molar-refractivity contribution in [3.05, 3.63) is 80.5 Å². The highest BCUT2D eigenvalue weighted by Gasteiger charge is 2.15. The molecule has 3 rings (SSSR count). The SMILES string of the molecule is C=CCn1c(CCNC(=O)c2ccc(Cl)c(Cl)c2)nnc1SCC(=O)Nc1ccc(Cl)cc1Cl. The summed E-state index contributed by atoms with van der Waals surface area (Å²) in [6.45, 7) is 4.55. The summed E-state index contributed by atoms with van der Waals surface area (Å²) in [6.07, 6.45) is 2.14. The van der Waals surface area contributed by atoms with Gasteiger partial charge in [-0.25, -0.2) is 0 Å². The second-order valence-corrected chi connectivity index (χ2v) is 9.49. The van der Waals surface area contributed by atoms with Crippen LogP contribution in [0.4, 0.5) is 5.69 Å². The first-order valence-corrected chi connectivity index (χ1v) is 12.4. The van der Waals surface area contributed by atoms with Crippen LogP contribution in [0.3, 0.4) is 0 Å². The minimum absolute atomic E-state index is 0.0995. The molecule has 1 heterocycles. The molecule has 0 aliphatic heterocycles. The van der Waals surface area contributed by atoms with E-state index in [-0.39, 0.29) is 17.6 Å². The average Bonchev–Trinajstić information content (AvgIpc) is 3.18. The Bertz CT molecular complexity index is 1220. The average molecular weight is 559 g/mol. The number of hydrogen-bond donors (Lipinski definition) is 2. The van der Waals surface area contributed by atoms with E-state index in [2.05, 4.69) is 27.4 Å². The quantitative estimate of drug-likeness (QED) is 0.243. The van der Waals surface area contributed by atoms with E-state index < -0.39 is 0 Å². The number of benzene rings is 2. The van der Waals surface area contributed by atoms with Crippen LogP contribution < -0.4 is 10.6 Å². The predicted octanol–water partition coefficient (Wildman–Crippen LogP) is 5.78. The Morgan fingerprint density at radius 2 is 1.82 bits per heavy atom. The van der Waals surface area contributed by atoms with Gasteiger partial charge < -0.3 is 15.2 Å². The van der Waals surface area contributed by atoms with Crippen LogP contribution in [-0.2, 0) is 17.8 Å². The molecule has 0 aliphatic rings. The lowest BCUT2D eigenvalue weighted by Gasteiger charge is -2.10. The molecule has 178 valence electrons. The molecule has 0 spiro atoms. The van der Waals surface area contributed by atoms with Gasteiger partial charge in [-0.05, 0) is 36.4 Å². The molecular formula is C22H19Cl4N5O2S. The van der Waals surface area contributed by atoms with Gasteiger partial charge in [0.15, 0.2) is 5.16 Å². The molecule has 2 amide bonds. The minimum Gasteiger partial charge on any atom is -0.352 e. The third-order valence-electron chi connectivity index (χ3n) is 4.46. The van der Waals surface area contributed by atoms with Gasteiger partial charge in [0, 0.05) is 30.1 Å². The summed E-state index contributed by atoms with van der Waals surface area (Å²) >= 11 is 25.1. The third-order valence-corrected chi connectivity index (χ3v) is 6.71. The van der Waals surface area contributed by atoms with Gasteiger partial charge in [-0.3, -0.25) is 9.59 Å². The standard InChI is InChI=1S/C22H19Cl4N5O2S/c1-2-9-31-19(7-8-27-21(33)13-3-5-15(24)16(25)10-13)29-30-22(31)34-12-20(32)28-18-6-4-14(23)11-17(18)26/h2-6,10-11H,1,7-9,12H2,(H,27,33)(H,28,32). The molecule has 12 heteroatoms. The lowest BCUT2D eigenvalue weighted by Crippen LogP contribution is -2.26. The van der Waals surface area contributed by atoms with Crippen molar-refractivity contribution in [3.8, 4) is 0 Å². The first-order valence-electron chi connectivity index (χ1n) is 9.92. The van der Waals surface area contributed by atoms with Gasteiger partial charge in [-0.1, -0.05) is 64.2 Å². The molecule has 0 saturated carbocycles. The molecular weight excluding hydrogens is 540 g/mol. The number of anilines is 1. The Balaban J connectivity index is 1.56. The number of allylic oxidation sites excluding steroid dienone is 1. The first kappa shape index (κ1) is 26.4. The summed E-state index contributed by atoms with van der Waals surface area (Å²) in [5, 5.41) is 16.0. The topological polar surface area (TPSA) is 88.9 Å². The van der Waals surface area contributed by atoms with Gasteiger partial charge in [0.25, 0.3) is 5.91 Å². The molecule has 0 atom stereocenters. The van der Waals surface area contributed by atoms with E-state index in [9.17, 15) is 9.59 Å². The summed E-state index contributed by atoms with van der Waals surface area (Å²) in [5.41, 5.74) is 0.882. The fraction of sp³-hybridized carbons (Fsp3) is 0.182.